The van der Waals surface area contributed by atoms with E-state index in [4.69, 9.17) is 0 Å². The zero-order chi connectivity index (χ0) is 24.4. The molecule has 0 radical (unpaired) electrons. The van der Waals surface area contributed by atoms with Crippen molar-refractivity contribution in [2.75, 3.05) is 7.05 Å². The summed E-state index contributed by atoms with van der Waals surface area (Å²) in [5, 5.41) is 14.8. The lowest BCUT2D eigenvalue weighted by Gasteiger charge is -2.33. The summed E-state index contributed by atoms with van der Waals surface area (Å²) in [6.45, 7) is 8.89. The van der Waals surface area contributed by atoms with Crippen LogP contribution in [0.25, 0.3) is 0 Å². The largest absolute Gasteiger partial charge is 0.480 e. The Morgan fingerprint density at radius 1 is 1.03 bits per heavy atom. The van der Waals surface area contributed by atoms with Crippen LogP contribution in [-0.2, 0) is 25.6 Å². The van der Waals surface area contributed by atoms with Crippen LogP contribution < -0.4 is 10.6 Å². The lowest BCUT2D eigenvalue weighted by molar-refractivity contribution is -0.146. The van der Waals surface area contributed by atoms with Crippen LogP contribution in [0.2, 0.25) is 0 Å². The summed E-state index contributed by atoms with van der Waals surface area (Å²) in [4.78, 5) is 51.2. The van der Waals surface area contributed by atoms with Crippen LogP contribution in [0.5, 0.6) is 0 Å². The summed E-state index contributed by atoms with van der Waals surface area (Å²) in [6.07, 6.45) is 1.16. The highest BCUT2D eigenvalue weighted by Crippen LogP contribution is 2.16. The summed E-state index contributed by atoms with van der Waals surface area (Å²) in [5.41, 5.74) is 0.836. The fraction of sp³-hybridized carbons (Fsp3) is 0.583. The van der Waals surface area contributed by atoms with Crippen molar-refractivity contribution in [3.8, 4) is 0 Å². The van der Waals surface area contributed by atoms with Crippen molar-refractivity contribution in [1.82, 2.24) is 15.5 Å². The van der Waals surface area contributed by atoms with Gasteiger partial charge >= 0.3 is 5.97 Å². The number of hydrogen-bond donors (Lipinski definition) is 3. The fourth-order valence-electron chi connectivity index (χ4n) is 3.48. The number of carboxylic acid groups (broad SMARTS) is 1. The summed E-state index contributed by atoms with van der Waals surface area (Å²) in [7, 11) is 1.52. The molecule has 0 heterocycles. The van der Waals surface area contributed by atoms with E-state index in [0.29, 0.717) is 6.42 Å². The van der Waals surface area contributed by atoms with E-state index in [2.05, 4.69) is 10.6 Å². The maximum atomic E-state index is 13.3. The number of nitrogens with one attached hydrogen (secondary N) is 2. The molecule has 3 N–H and O–H groups in total. The highest BCUT2D eigenvalue weighted by Gasteiger charge is 2.35. The minimum Gasteiger partial charge on any atom is -0.480 e. The van der Waals surface area contributed by atoms with Crippen molar-refractivity contribution >= 4 is 23.7 Å². The smallest absolute Gasteiger partial charge is 0.326 e. The molecule has 0 aromatic heterocycles. The summed E-state index contributed by atoms with van der Waals surface area (Å²) >= 11 is 0. The number of hydrogen-bond acceptors (Lipinski definition) is 4. The average molecular weight is 448 g/mol. The van der Waals surface area contributed by atoms with Crippen LogP contribution in [0.3, 0.4) is 0 Å². The number of carbonyl (C=O) groups is 4. The van der Waals surface area contributed by atoms with Crippen LogP contribution in [0.4, 0.5) is 0 Å². The van der Waals surface area contributed by atoms with E-state index in [1.807, 2.05) is 58.0 Å². The zero-order valence-corrected chi connectivity index (χ0v) is 19.9. The molecule has 8 heteroatoms. The monoisotopic (exact) mass is 447 g/mol. The zero-order valence-electron chi connectivity index (χ0n) is 19.9. The van der Waals surface area contributed by atoms with Gasteiger partial charge in [0.25, 0.3) is 0 Å². The summed E-state index contributed by atoms with van der Waals surface area (Å²) in [6, 6.07) is 6.47. The second-order valence-corrected chi connectivity index (χ2v) is 8.75. The lowest BCUT2D eigenvalue weighted by atomic mass is 9.96. The van der Waals surface area contributed by atoms with E-state index in [9.17, 15) is 24.3 Å². The third-order valence-corrected chi connectivity index (χ3v) is 5.55. The molecule has 0 aliphatic heterocycles. The molecular formula is C24H37N3O5. The van der Waals surface area contributed by atoms with Crippen LogP contribution in [0, 0.1) is 11.8 Å². The molecule has 0 aliphatic carbocycles. The Morgan fingerprint density at radius 2 is 1.62 bits per heavy atom. The van der Waals surface area contributed by atoms with Gasteiger partial charge in [-0.05, 0) is 23.8 Å². The first kappa shape index (κ1) is 27.1. The van der Waals surface area contributed by atoms with Crippen LogP contribution in [-0.4, -0.2) is 58.9 Å². The number of likely N-dealkylation sites (N-methyl/N-ethyl adjacent to an activating group) is 1. The highest BCUT2D eigenvalue weighted by atomic mass is 16.4. The molecule has 178 valence electrons. The topological polar surface area (TPSA) is 116 Å². The number of nitrogens with zero attached hydrogens (tertiary/aromatic N) is 1. The van der Waals surface area contributed by atoms with Gasteiger partial charge in [-0.3, -0.25) is 14.4 Å². The van der Waals surface area contributed by atoms with E-state index < -0.39 is 30.0 Å². The molecule has 4 atom stereocenters. The third-order valence-electron chi connectivity index (χ3n) is 5.55. The molecule has 8 nitrogen and oxygen atoms in total. The van der Waals surface area contributed by atoms with Crippen molar-refractivity contribution in [2.24, 2.45) is 11.8 Å². The molecule has 4 unspecified atom stereocenters. The first-order chi connectivity index (χ1) is 15.0. The van der Waals surface area contributed by atoms with E-state index >= 15 is 0 Å². The van der Waals surface area contributed by atoms with Crippen molar-refractivity contribution in [1.29, 1.82) is 0 Å². The molecule has 3 amide bonds. The van der Waals surface area contributed by atoms with Crippen molar-refractivity contribution in [3.05, 3.63) is 35.9 Å². The number of aliphatic carboxylic acids is 1. The second kappa shape index (κ2) is 12.8. The Morgan fingerprint density at radius 3 is 2.09 bits per heavy atom. The minimum absolute atomic E-state index is 0.0675. The van der Waals surface area contributed by atoms with Gasteiger partial charge in [0.2, 0.25) is 17.7 Å². The van der Waals surface area contributed by atoms with Crippen molar-refractivity contribution in [2.45, 2.75) is 72.0 Å². The molecule has 0 spiro atoms. The SMILES string of the molecule is CCC(C)C(NC(C)=O)C(=O)N(C)C(Cc1ccccc1)C(=O)NC(CC(C)C)C(=O)O. The molecule has 32 heavy (non-hydrogen) atoms. The van der Waals surface area contributed by atoms with Gasteiger partial charge in [-0.1, -0.05) is 64.4 Å². The van der Waals surface area contributed by atoms with Gasteiger partial charge in [0.15, 0.2) is 0 Å². The van der Waals surface area contributed by atoms with E-state index in [1.54, 1.807) is 0 Å². The van der Waals surface area contributed by atoms with E-state index in [0.717, 1.165) is 5.56 Å². The molecule has 0 saturated carbocycles. The Balaban J connectivity index is 3.23. The Labute approximate surface area is 190 Å². The van der Waals surface area contributed by atoms with Crippen LogP contribution in [0.1, 0.15) is 53.0 Å². The van der Waals surface area contributed by atoms with Gasteiger partial charge in [-0.15, -0.1) is 0 Å². The molecule has 0 aliphatic rings. The Hall–Kier alpha value is -2.90. The average Bonchev–Trinajstić information content (AvgIpc) is 2.73. The molecule has 0 bridgehead atoms. The quantitative estimate of drug-likeness (QED) is 0.454. The molecule has 1 aromatic rings. The standard InChI is InChI=1S/C24H37N3O5/c1-7-16(4)21(25-17(5)28)23(30)27(6)20(14-18-11-9-8-10-12-18)22(29)26-19(24(31)32)13-15(2)3/h8-12,15-16,19-21H,7,13-14H2,1-6H3,(H,25,28)(H,26,29)(H,31,32). The van der Waals surface area contributed by atoms with E-state index in [-0.39, 0.29) is 36.5 Å². The van der Waals surface area contributed by atoms with Gasteiger partial charge in [-0.2, -0.15) is 0 Å². The van der Waals surface area contributed by atoms with Crippen molar-refractivity contribution < 1.29 is 24.3 Å². The normalized spacial score (nSPS) is 14.7. The fourth-order valence-corrected chi connectivity index (χ4v) is 3.48. The second-order valence-electron chi connectivity index (χ2n) is 8.75. The van der Waals surface area contributed by atoms with Crippen LogP contribution in [0.15, 0.2) is 30.3 Å². The van der Waals surface area contributed by atoms with Crippen LogP contribution >= 0.6 is 0 Å². The van der Waals surface area contributed by atoms with Gasteiger partial charge in [0.05, 0.1) is 0 Å². The third kappa shape index (κ3) is 8.32. The van der Waals surface area contributed by atoms with Gasteiger partial charge in [-0.25, -0.2) is 4.79 Å². The summed E-state index contributed by atoms with van der Waals surface area (Å²) < 4.78 is 0. The lowest BCUT2D eigenvalue weighted by Crippen LogP contribution is -2.58. The maximum Gasteiger partial charge on any atom is 0.326 e. The molecule has 0 fully saturated rings. The number of carboxylic acids is 1. The number of benzene rings is 1. The van der Waals surface area contributed by atoms with Gasteiger partial charge < -0.3 is 20.6 Å². The number of amides is 3. The minimum atomic E-state index is -1.12. The van der Waals surface area contributed by atoms with Gasteiger partial charge in [0, 0.05) is 20.4 Å². The maximum absolute atomic E-state index is 13.3. The number of carbonyl (C=O) groups excluding carboxylic acids is 3. The first-order valence-electron chi connectivity index (χ1n) is 11.1. The first-order valence-corrected chi connectivity index (χ1v) is 11.1. The summed E-state index contributed by atoms with van der Waals surface area (Å²) in [5.74, 6) is -2.44. The predicted octanol–water partition coefficient (Wildman–Crippen LogP) is 2.22. The molecule has 1 rings (SSSR count). The van der Waals surface area contributed by atoms with E-state index in [1.165, 1.54) is 18.9 Å². The Bertz CT molecular complexity index is 781. The highest BCUT2D eigenvalue weighted by molar-refractivity contribution is 5.93. The molecular weight excluding hydrogens is 410 g/mol. The molecule has 0 saturated heterocycles. The Kier molecular flexibility index (Phi) is 10.9. The molecule has 1 aromatic carbocycles. The number of rotatable bonds is 12. The van der Waals surface area contributed by atoms with Crippen molar-refractivity contribution in [3.63, 3.8) is 0 Å². The van der Waals surface area contributed by atoms with Gasteiger partial charge in [0.1, 0.15) is 18.1 Å². The predicted molar refractivity (Wildman–Crippen MR) is 123 cm³/mol.